The summed E-state index contributed by atoms with van der Waals surface area (Å²) in [5, 5.41) is 0. The lowest BCUT2D eigenvalue weighted by atomic mass is 9.96. The molecule has 0 atom stereocenters. The number of hydrogen-bond donors (Lipinski definition) is 0. The van der Waals surface area contributed by atoms with E-state index in [1.165, 1.54) is 11.1 Å². The standard InChI is InChI=1S/C16H26O.3C2H6.C2H4/c1-6-14-7-9-15(10-8-14)16(4,5)17-12-11-13(2)3;4*1-2/h7-10,13H,6,11-12H2,1-5H3;3*1-2H3;1-2H2. The van der Waals surface area contributed by atoms with Crippen molar-refractivity contribution >= 4 is 0 Å². The van der Waals surface area contributed by atoms with Crippen molar-refractivity contribution < 1.29 is 4.74 Å². The van der Waals surface area contributed by atoms with Crippen LogP contribution < -0.4 is 0 Å². The average molecular weight is 353 g/mol. The normalized spacial score (nSPS) is 9.12. The van der Waals surface area contributed by atoms with Gasteiger partial charge in [-0.1, -0.05) is 86.6 Å². The van der Waals surface area contributed by atoms with Gasteiger partial charge in [0.25, 0.3) is 0 Å². The van der Waals surface area contributed by atoms with Crippen LogP contribution in [0.5, 0.6) is 0 Å². The van der Waals surface area contributed by atoms with Crippen LogP contribution in [-0.4, -0.2) is 6.61 Å². The summed E-state index contributed by atoms with van der Waals surface area (Å²) in [5.74, 6) is 0.702. The van der Waals surface area contributed by atoms with Crippen molar-refractivity contribution in [2.75, 3.05) is 6.61 Å². The summed E-state index contributed by atoms with van der Waals surface area (Å²) < 4.78 is 6.00. The van der Waals surface area contributed by atoms with E-state index >= 15 is 0 Å². The Hall–Kier alpha value is -1.08. The molecule has 0 aliphatic heterocycles. The third-order valence-corrected chi connectivity index (χ3v) is 3.22. The SMILES string of the molecule is C=C.CC.CC.CC.CCc1ccc(C(C)(C)OCCC(C)C)cc1. The summed E-state index contributed by atoms with van der Waals surface area (Å²) in [6, 6.07) is 8.77. The minimum Gasteiger partial charge on any atom is -0.371 e. The molecular weight excluding hydrogens is 304 g/mol. The van der Waals surface area contributed by atoms with E-state index in [0.29, 0.717) is 5.92 Å². The molecule has 0 aromatic heterocycles. The van der Waals surface area contributed by atoms with Crippen LogP contribution in [0.1, 0.15) is 93.7 Å². The maximum atomic E-state index is 6.00. The zero-order chi connectivity index (χ0) is 20.9. The average Bonchev–Trinajstić information content (AvgIpc) is 2.68. The molecule has 0 amide bonds. The van der Waals surface area contributed by atoms with E-state index in [-0.39, 0.29) is 5.60 Å². The van der Waals surface area contributed by atoms with Crippen LogP contribution in [0.3, 0.4) is 0 Å². The van der Waals surface area contributed by atoms with Crippen molar-refractivity contribution in [2.45, 2.75) is 94.6 Å². The Morgan fingerprint density at radius 1 is 0.880 bits per heavy atom. The first kappa shape index (κ1) is 31.7. The number of benzene rings is 1. The minimum absolute atomic E-state index is 0.179. The molecule has 0 heterocycles. The predicted molar refractivity (Wildman–Crippen MR) is 120 cm³/mol. The number of hydrogen-bond acceptors (Lipinski definition) is 1. The molecule has 150 valence electrons. The molecule has 0 fully saturated rings. The molecule has 1 aromatic rings. The molecular formula is C24H48O. The van der Waals surface area contributed by atoms with Crippen LogP contribution >= 0.6 is 0 Å². The molecule has 1 aromatic carbocycles. The van der Waals surface area contributed by atoms with E-state index in [9.17, 15) is 0 Å². The molecule has 25 heavy (non-hydrogen) atoms. The molecule has 0 radical (unpaired) electrons. The Morgan fingerprint density at radius 3 is 1.60 bits per heavy atom. The number of aryl methyl sites for hydroxylation is 1. The monoisotopic (exact) mass is 352 g/mol. The van der Waals surface area contributed by atoms with Crippen molar-refractivity contribution in [2.24, 2.45) is 5.92 Å². The van der Waals surface area contributed by atoms with Crippen LogP contribution in [0.25, 0.3) is 0 Å². The highest BCUT2D eigenvalue weighted by Gasteiger charge is 2.20. The lowest BCUT2D eigenvalue weighted by Crippen LogP contribution is -2.22. The highest BCUT2D eigenvalue weighted by atomic mass is 16.5. The van der Waals surface area contributed by atoms with Gasteiger partial charge in [0.1, 0.15) is 0 Å². The lowest BCUT2D eigenvalue weighted by Gasteiger charge is -2.26. The first-order chi connectivity index (χ1) is 12.0. The fraction of sp³-hybridized carbons (Fsp3) is 0.667. The zero-order valence-corrected chi connectivity index (χ0v) is 19.3. The highest BCUT2D eigenvalue weighted by Crippen LogP contribution is 2.25. The number of ether oxygens (including phenoxy) is 1. The molecule has 0 N–H and O–H groups in total. The maximum absolute atomic E-state index is 6.00. The third kappa shape index (κ3) is 17.5. The lowest BCUT2D eigenvalue weighted by molar-refractivity contribution is -0.0262. The summed E-state index contributed by atoms with van der Waals surface area (Å²) in [6.07, 6.45) is 2.21. The molecule has 1 rings (SSSR count). The first-order valence-corrected chi connectivity index (χ1v) is 10.2. The molecule has 0 unspecified atom stereocenters. The van der Waals surface area contributed by atoms with Crippen molar-refractivity contribution in [3.05, 3.63) is 48.6 Å². The van der Waals surface area contributed by atoms with Crippen molar-refractivity contribution in [3.63, 3.8) is 0 Å². The van der Waals surface area contributed by atoms with E-state index in [4.69, 9.17) is 4.74 Å². The summed E-state index contributed by atoms with van der Waals surface area (Å²) in [4.78, 5) is 0. The minimum atomic E-state index is -0.179. The van der Waals surface area contributed by atoms with Crippen LogP contribution in [0.15, 0.2) is 37.4 Å². The quantitative estimate of drug-likeness (QED) is 0.467. The Labute approximate surface area is 160 Å². The first-order valence-electron chi connectivity index (χ1n) is 10.2. The van der Waals surface area contributed by atoms with E-state index in [2.05, 4.69) is 72.0 Å². The predicted octanol–water partition coefficient (Wildman–Crippen LogP) is 8.43. The van der Waals surface area contributed by atoms with Crippen LogP contribution in [-0.2, 0) is 16.8 Å². The third-order valence-electron chi connectivity index (χ3n) is 3.22. The molecule has 0 saturated heterocycles. The van der Waals surface area contributed by atoms with E-state index in [1.54, 1.807) is 0 Å². The second kappa shape index (κ2) is 22.9. The van der Waals surface area contributed by atoms with Gasteiger partial charge in [0.05, 0.1) is 5.60 Å². The Balaban J connectivity index is -0.000000241. The molecule has 0 saturated carbocycles. The van der Waals surface area contributed by atoms with Gasteiger partial charge in [-0.15, -0.1) is 13.2 Å². The van der Waals surface area contributed by atoms with Crippen molar-refractivity contribution in [1.82, 2.24) is 0 Å². The summed E-state index contributed by atoms with van der Waals surface area (Å²) >= 11 is 0. The van der Waals surface area contributed by atoms with Crippen LogP contribution in [0.2, 0.25) is 0 Å². The van der Waals surface area contributed by atoms with Gasteiger partial charge in [-0.3, -0.25) is 0 Å². The Kier molecular flexibility index (Phi) is 29.0. The smallest absolute Gasteiger partial charge is 0.0875 e. The number of rotatable bonds is 6. The van der Waals surface area contributed by atoms with E-state index in [1.807, 2.05) is 41.5 Å². The molecule has 1 nitrogen and oxygen atoms in total. The van der Waals surface area contributed by atoms with Crippen molar-refractivity contribution in [1.29, 1.82) is 0 Å². The highest BCUT2D eigenvalue weighted by molar-refractivity contribution is 5.26. The van der Waals surface area contributed by atoms with Crippen LogP contribution in [0, 0.1) is 5.92 Å². The molecule has 0 aliphatic carbocycles. The summed E-state index contributed by atoms with van der Waals surface area (Å²) in [6.45, 7) is 29.8. The zero-order valence-electron chi connectivity index (χ0n) is 19.3. The topological polar surface area (TPSA) is 9.23 Å². The largest absolute Gasteiger partial charge is 0.371 e. The van der Waals surface area contributed by atoms with Crippen molar-refractivity contribution in [3.8, 4) is 0 Å². The fourth-order valence-corrected chi connectivity index (χ4v) is 1.77. The van der Waals surface area contributed by atoms with Gasteiger partial charge in [0.15, 0.2) is 0 Å². The fourth-order valence-electron chi connectivity index (χ4n) is 1.77. The van der Waals surface area contributed by atoms with Gasteiger partial charge in [0.2, 0.25) is 0 Å². The van der Waals surface area contributed by atoms with Gasteiger partial charge in [-0.25, -0.2) is 0 Å². The maximum Gasteiger partial charge on any atom is 0.0875 e. The van der Waals surface area contributed by atoms with Gasteiger partial charge in [0, 0.05) is 6.61 Å². The van der Waals surface area contributed by atoms with Gasteiger partial charge >= 0.3 is 0 Å². The molecule has 0 bridgehead atoms. The van der Waals surface area contributed by atoms with E-state index in [0.717, 1.165) is 19.4 Å². The Morgan fingerprint density at radius 2 is 1.28 bits per heavy atom. The summed E-state index contributed by atoms with van der Waals surface area (Å²) in [5.41, 5.74) is 2.46. The molecule has 0 aliphatic rings. The van der Waals surface area contributed by atoms with Gasteiger partial charge < -0.3 is 4.74 Å². The van der Waals surface area contributed by atoms with Crippen LogP contribution in [0.4, 0.5) is 0 Å². The van der Waals surface area contributed by atoms with Gasteiger partial charge in [-0.05, 0) is 43.7 Å². The second-order valence-electron chi connectivity index (χ2n) is 5.59. The summed E-state index contributed by atoms with van der Waals surface area (Å²) in [7, 11) is 0. The molecule has 0 spiro atoms. The molecule has 1 heteroatoms. The Bertz CT molecular complexity index is 336. The second-order valence-corrected chi connectivity index (χ2v) is 5.59. The van der Waals surface area contributed by atoms with E-state index < -0.39 is 0 Å². The van der Waals surface area contributed by atoms with Gasteiger partial charge in [-0.2, -0.15) is 0 Å².